The van der Waals surface area contributed by atoms with Gasteiger partial charge in [-0.25, -0.2) is 18.2 Å². The van der Waals surface area contributed by atoms with Gasteiger partial charge in [-0.05, 0) is 25.1 Å². The Morgan fingerprint density at radius 1 is 1.00 bits per heavy atom. The van der Waals surface area contributed by atoms with E-state index >= 15 is 0 Å². The normalized spacial score (nSPS) is 14.5. The lowest BCUT2D eigenvalue weighted by Gasteiger charge is -2.19. The molecule has 0 aliphatic carbocycles. The summed E-state index contributed by atoms with van der Waals surface area (Å²) in [6.45, 7) is -0.189. The molecule has 0 amide bonds. The Morgan fingerprint density at radius 3 is 2.17 bits per heavy atom. The van der Waals surface area contributed by atoms with Crippen LogP contribution in [-0.4, -0.2) is 23.7 Å². The standard InChI is InChI=1S/C16H13F6NO/c1-15(19,14(17)18)9-24-13-4-2-3-12(23-13)10-5-7-11(8-6-10)16(20,21)22/h2-8,14H,9H2,1H3/t15-/m0/s1. The Balaban J connectivity index is 2.16. The zero-order chi connectivity index (χ0) is 18.0. The molecule has 0 bridgehead atoms. The van der Waals surface area contributed by atoms with Gasteiger partial charge in [-0.3, -0.25) is 0 Å². The molecule has 8 heteroatoms. The van der Waals surface area contributed by atoms with Crippen molar-refractivity contribution in [1.29, 1.82) is 0 Å². The van der Waals surface area contributed by atoms with Crippen molar-refractivity contribution in [3.05, 3.63) is 48.0 Å². The molecule has 1 aromatic carbocycles. The van der Waals surface area contributed by atoms with Gasteiger partial charge in [-0.15, -0.1) is 0 Å². The first-order valence-electron chi connectivity index (χ1n) is 6.84. The van der Waals surface area contributed by atoms with Crippen molar-refractivity contribution >= 4 is 0 Å². The molecule has 0 spiro atoms. The summed E-state index contributed by atoms with van der Waals surface area (Å²) in [4.78, 5) is 3.98. The van der Waals surface area contributed by atoms with Gasteiger partial charge in [0.1, 0.15) is 6.61 Å². The van der Waals surface area contributed by atoms with Crippen molar-refractivity contribution in [3.63, 3.8) is 0 Å². The average molecular weight is 349 g/mol. The summed E-state index contributed by atoms with van der Waals surface area (Å²) in [7, 11) is 0. The fraction of sp³-hybridized carbons (Fsp3) is 0.312. The molecule has 0 fully saturated rings. The van der Waals surface area contributed by atoms with E-state index in [-0.39, 0.29) is 11.6 Å². The van der Waals surface area contributed by atoms with Gasteiger partial charge in [0.25, 0.3) is 6.43 Å². The van der Waals surface area contributed by atoms with Crippen LogP contribution >= 0.6 is 0 Å². The highest BCUT2D eigenvalue weighted by molar-refractivity contribution is 5.60. The Hall–Kier alpha value is -2.25. The third kappa shape index (κ3) is 4.39. The Bertz CT molecular complexity index is 682. The van der Waals surface area contributed by atoms with Gasteiger partial charge >= 0.3 is 6.18 Å². The Morgan fingerprint density at radius 2 is 1.62 bits per heavy atom. The summed E-state index contributed by atoms with van der Waals surface area (Å²) in [5, 5.41) is 0. The van der Waals surface area contributed by atoms with Gasteiger partial charge in [0.05, 0.1) is 11.3 Å². The fourth-order valence-electron chi connectivity index (χ4n) is 1.76. The Labute approximate surface area is 134 Å². The highest BCUT2D eigenvalue weighted by atomic mass is 19.4. The summed E-state index contributed by atoms with van der Waals surface area (Å²) in [6, 6.07) is 8.60. The molecule has 0 N–H and O–H groups in total. The number of hydrogen-bond donors (Lipinski definition) is 0. The molecule has 0 saturated carbocycles. The topological polar surface area (TPSA) is 22.1 Å². The lowest BCUT2D eigenvalue weighted by Crippen LogP contribution is -2.35. The highest BCUT2D eigenvalue weighted by Gasteiger charge is 2.36. The maximum absolute atomic E-state index is 13.5. The molecule has 0 aliphatic rings. The number of hydrogen-bond acceptors (Lipinski definition) is 2. The van der Waals surface area contributed by atoms with E-state index in [0.29, 0.717) is 12.5 Å². The van der Waals surface area contributed by atoms with E-state index in [4.69, 9.17) is 4.74 Å². The van der Waals surface area contributed by atoms with Crippen molar-refractivity contribution in [2.24, 2.45) is 0 Å². The maximum Gasteiger partial charge on any atom is 0.416 e. The van der Waals surface area contributed by atoms with Crippen molar-refractivity contribution < 1.29 is 31.1 Å². The summed E-state index contributed by atoms with van der Waals surface area (Å²) in [5.41, 5.74) is -2.97. The summed E-state index contributed by atoms with van der Waals surface area (Å²) >= 11 is 0. The summed E-state index contributed by atoms with van der Waals surface area (Å²) in [5.74, 6) is -0.100. The van der Waals surface area contributed by atoms with E-state index in [0.717, 1.165) is 12.1 Å². The lowest BCUT2D eigenvalue weighted by molar-refractivity contribution is -0.137. The monoisotopic (exact) mass is 349 g/mol. The molecule has 0 unspecified atom stereocenters. The minimum Gasteiger partial charge on any atom is -0.474 e. The predicted octanol–water partition coefficient (Wildman–Crippen LogP) is 5.14. The molecular formula is C16H13F6NO. The number of ether oxygens (including phenoxy) is 1. The molecule has 0 aliphatic heterocycles. The maximum atomic E-state index is 13.5. The SMILES string of the molecule is C[C@](F)(COc1cccc(-c2ccc(C(F)(F)F)cc2)n1)C(F)F. The van der Waals surface area contributed by atoms with Crippen LogP contribution in [0.3, 0.4) is 0 Å². The van der Waals surface area contributed by atoms with E-state index in [1.165, 1.54) is 30.3 Å². The van der Waals surface area contributed by atoms with E-state index in [2.05, 4.69) is 4.98 Å². The van der Waals surface area contributed by atoms with Crippen LogP contribution in [0, 0.1) is 0 Å². The average Bonchev–Trinajstić information content (AvgIpc) is 2.52. The van der Waals surface area contributed by atoms with Crippen LogP contribution in [0.1, 0.15) is 12.5 Å². The molecule has 130 valence electrons. The first kappa shape index (κ1) is 18.1. The van der Waals surface area contributed by atoms with Crippen LogP contribution in [0.5, 0.6) is 5.88 Å². The van der Waals surface area contributed by atoms with Gasteiger partial charge in [-0.2, -0.15) is 13.2 Å². The van der Waals surface area contributed by atoms with Gasteiger partial charge in [0.2, 0.25) is 11.5 Å². The number of aromatic nitrogens is 1. The minimum absolute atomic E-state index is 0.100. The van der Waals surface area contributed by atoms with E-state index in [1.807, 2.05) is 0 Å². The second-order valence-electron chi connectivity index (χ2n) is 5.30. The fourth-order valence-corrected chi connectivity index (χ4v) is 1.76. The molecule has 0 radical (unpaired) electrons. The van der Waals surface area contributed by atoms with Crippen LogP contribution in [0.4, 0.5) is 26.3 Å². The van der Waals surface area contributed by atoms with Gasteiger partial charge < -0.3 is 4.74 Å². The number of benzene rings is 1. The minimum atomic E-state index is -4.45. The highest BCUT2D eigenvalue weighted by Crippen LogP contribution is 2.31. The molecule has 2 rings (SSSR count). The van der Waals surface area contributed by atoms with Crippen LogP contribution in [0.25, 0.3) is 11.3 Å². The smallest absolute Gasteiger partial charge is 0.416 e. The second-order valence-corrected chi connectivity index (χ2v) is 5.30. The van der Waals surface area contributed by atoms with Crippen LogP contribution < -0.4 is 4.74 Å². The van der Waals surface area contributed by atoms with Crippen LogP contribution in [-0.2, 0) is 6.18 Å². The van der Waals surface area contributed by atoms with Crippen molar-refractivity contribution in [2.75, 3.05) is 6.61 Å². The largest absolute Gasteiger partial charge is 0.474 e. The Kier molecular flexibility index (Phi) is 5.05. The molecule has 1 atom stereocenters. The number of halogens is 6. The number of nitrogens with zero attached hydrogens (tertiary/aromatic N) is 1. The summed E-state index contributed by atoms with van der Waals surface area (Å²) in [6.07, 6.45) is -7.66. The quantitative estimate of drug-likeness (QED) is 0.698. The predicted molar refractivity (Wildman–Crippen MR) is 75.7 cm³/mol. The first-order chi connectivity index (χ1) is 11.1. The molecule has 1 aromatic heterocycles. The van der Waals surface area contributed by atoms with E-state index in [9.17, 15) is 26.3 Å². The molecule has 1 heterocycles. The van der Waals surface area contributed by atoms with Crippen LogP contribution in [0.2, 0.25) is 0 Å². The molecule has 2 aromatic rings. The zero-order valence-electron chi connectivity index (χ0n) is 12.4. The number of pyridine rings is 1. The van der Waals surface area contributed by atoms with E-state index in [1.54, 1.807) is 0 Å². The second kappa shape index (κ2) is 6.70. The van der Waals surface area contributed by atoms with Gasteiger partial charge in [0, 0.05) is 11.6 Å². The molecule has 24 heavy (non-hydrogen) atoms. The number of rotatable bonds is 5. The third-order valence-corrected chi connectivity index (χ3v) is 3.19. The lowest BCUT2D eigenvalue weighted by atomic mass is 10.1. The van der Waals surface area contributed by atoms with Crippen molar-refractivity contribution in [1.82, 2.24) is 4.98 Å². The molecule has 0 saturated heterocycles. The first-order valence-corrected chi connectivity index (χ1v) is 6.84. The van der Waals surface area contributed by atoms with Crippen molar-refractivity contribution in [2.45, 2.75) is 25.2 Å². The van der Waals surface area contributed by atoms with Gasteiger partial charge in [0.15, 0.2) is 0 Å². The van der Waals surface area contributed by atoms with E-state index < -0.39 is 30.4 Å². The summed E-state index contributed by atoms with van der Waals surface area (Å²) < 4.78 is 80.8. The van der Waals surface area contributed by atoms with Crippen LogP contribution in [0.15, 0.2) is 42.5 Å². The van der Waals surface area contributed by atoms with Crippen molar-refractivity contribution in [3.8, 4) is 17.1 Å². The zero-order valence-corrected chi connectivity index (χ0v) is 12.4. The molecule has 2 nitrogen and oxygen atoms in total. The molecular weight excluding hydrogens is 336 g/mol. The third-order valence-electron chi connectivity index (χ3n) is 3.19. The van der Waals surface area contributed by atoms with Gasteiger partial charge in [-0.1, -0.05) is 18.2 Å². The number of alkyl halides is 6.